The highest BCUT2D eigenvalue weighted by Crippen LogP contribution is 2.17. The Bertz CT molecular complexity index is 1020. The second-order valence-corrected chi connectivity index (χ2v) is 8.84. The molecule has 0 saturated heterocycles. The van der Waals surface area contributed by atoms with E-state index < -0.39 is 50.7 Å². The lowest BCUT2D eigenvalue weighted by Crippen LogP contribution is -2.47. The average molecular weight is 437 g/mol. The predicted octanol–water partition coefficient (Wildman–Crippen LogP) is 3.01. The first-order valence-electron chi connectivity index (χ1n) is 9.36. The van der Waals surface area contributed by atoms with Gasteiger partial charge in [0.05, 0.1) is 0 Å². The van der Waals surface area contributed by atoms with Crippen LogP contribution in [-0.4, -0.2) is 32.4 Å². The number of esters is 1. The van der Waals surface area contributed by atoms with E-state index in [2.05, 4.69) is 10.0 Å². The van der Waals surface area contributed by atoms with Gasteiger partial charge >= 0.3 is 5.97 Å². The van der Waals surface area contributed by atoms with Crippen LogP contribution in [0.5, 0.6) is 0 Å². The minimum Gasteiger partial charge on any atom is -0.451 e. The zero-order valence-electron chi connectivity index (χ0n) is 17.2. The SMILES string of the molecule is Cc1ccccc1NC(=O)C(C)OC(=O)[C@@H](NS(=O)(=O)c1ccccc1F)C(C)C. The van der Waals surface area contributed by atoms with Gasteiger partial charge in [-0.2, -0.15) is 4.72 Å². The van der Waals surface area contributed by atoms with Gasteiger partial charge in [-0.1, -0.05) is 44.2 Å². The van der Waals surface area contributed by atoms with Gasteiger partial charge in [-0.15, -0.1) is 0 Å². The van der Waals surface area contributed by atoms with Crippen molar-refractivity contribution in [3.8, 4) is 0 Å². The molecular formula is C21H25FN2O5S. The van der Waals surface area contributed by atoms with Crippen LogP contribution >= 0.6 is 0 Å². The van der Waals surface area contributed by atoms with E-state index in [0.29, 0.717) is 5.69 Å². The maximum atomic E-state index is 13.9. The van der Waals surface area contributed by atoms with Crippen LogP contribution in [0.25, 0.3) is 0 Å². The van der Waals surface area contributed by atoms with Crippen molar-refractivity contribution < 1.29 is 27.1 Å². The lowest BCUT2D eigenvalue weighted by atomic mass is 10.1. The molecule has 0 heterocycles. The molecule has 0 aliphatic carbocycles. The summed E-state index contributed by atoms with van der Waals surface area (Å²) in [4.78, 5) is 24.4. The first kappa shape index (κ1) is 23.5. The molecular weight excluding hydrogens is 411 g/mol. The molecule has 1 amide bonds. The minimum atomic E-state index is -4.32. The highest BCUT2D eigenvalue weighted by Gasteiger charge is 2.32. The summed E-state index contributed by atoms with van der Waals surface area (Å²) in [6, 6.07) is 10.6. The number of ether oxygens (including phenoxy) is 1. The summed E-state index contributed by atoms with van der Waals surface area (Å²) >= 11 is 0. The first-order chi connectivity index (χ1) is 14.0. The number of sulfonamides is 1. The highest BCUT2D eigenvalue weighted by molar-refractivity contribution is 7.89. The second-order valence-electron chi connectivity index (χ2n) is 7.16. The van der Waals surface area contributed by atoms with E-state index in [0.717, 1.165) is 17.7 Å². The number of para-hydroxylation sites is 1. The average Bonchev–Trinajstić information content (AvgIpc) is 2.67. The summed E-state index contributed by atoms with van der Waals surface area (Å²) in [5, 5.41) is 2.66. The number of nitrogens with one attached hydrogen (secondary N) is 2. The summed E-state index contributed by atoms with van der Waals surface area (Å²) in [7, 11) is -4.32. The molecule has 0 aromatic heterocycles. The van der Waals surface area contributed by atoms with Gasteiger partial charge in [0.15, 0.2) is 6.10 Å². The van der Waals surface area contributed by atoms with Gasteiger partial charge in [0.2, 0.25) is 10.0 Å². The number of rotatable bonds is 8. The molecule has 162 valence electrons. The molecule has 0 spiro atoms. The van der Waals surface area contributed by atoms with Crippen molar-refractivity contribution >= 4 is 27.6 Å². The number of anilines is 1. The van der Waals surface area contributed by atoms with Gasteiger partial charge in [-0.25, -0.2) is 12.8 Å². The molecule has 30 heavy (non-hydrogen) atoms. The molecule has 2 rings (SSSR count). The Morgan fingerprint density at radius 2 is 1.60 bits per heavy atom. The number of carbonyl (C=O) groups excluding carboxylic acids is 2. The molecule has 0 fully saturated rings. The molecule has 2 atom stereocenters. The fourth-order valence-electron chi connectivity index (χ4n) is 2.60. The predicted molar refractivity (Wildman–Crippen MR) is 111 cm³/mol. The van der Waals surface area contributed by atoms with E-state index in [1.807, 2.05) is 19.1 Å². The summed E-state index contributed by atoms with van der Waals surface area (Å²) in [5.74, 6) is -2.94. The lowest BCUT2D eigenvalue weighted by molar-refractivity contribution is -0.155. The number of hydrogen-bond acceptors (Lipinski definition) is 5. The van der Waals surface area contributed by atoms with E-state index in [1.54, 1.807) is 26.0 Å². The van der Waals surface area contributed by atoms with Crippen molar-refractivity contribution in [2.24, 2.45) is 5.92 Å². The molecule has 0 aliphatic rings. The normalized spacial score (nSPS) is 13.5. The summed E-state index contributed by atoms with van der Waals surface area (Å²) in [6.07, 6.45) is -1.17. The Balaban J connectivity index is 2.11. The number of carbonyl (C=O) groups is 2. The van der Waals surface area contributed by atoms with Gasteiger partial charge in [-0.05, 0) is 43.5 Å². The number of halogens is 1. The van der Waals surface area contributed by atoms with Gasteiger partial charge < -0.3 is 10.1 Å². The van der Waals surface area contributed by atoms with Crippen LogP contribution < -0.4 is 10.0 Å². The molecule has 2 aromatic carbocycles. The van der Waals surface area contributed by atoms with E-state index in [-0.39, 0.29) is 0 Å². The molecule has 2 N–H and O–H groups in total. The Kier molecular flexibility index (Phi) is 7.69. The van der Waals surface area contributed by atoms with Gasteiger partial charge in [0.25, 0.3) is 5.91 Å². The third-order valence-electron chi connectivity index (χ3n) is 4.39. The largest absolute Gasteiger partial charge is 0.451 e. The lowest BCUT2D eigenvalue weighted by Gasteiger charge is -2.23. The van der Waals surface area contributed by atoms with Crippen LogP contribution in [0.1, 0.15) is 26.3 Å². The standard InChI is InChI=1S/C21H25FN2O5S/c1-13(2)19(24-30(27,28)18-12-8-6-10-16(18)22)21(26)29-15(4)20(25)23-17-11-7-5-9-14(17)3/h5-13,15,19,24H,1-4H3,(H,23,25)/t15?,19-/m0/s1. The zero-order chi connectivity index (χ0) is 22.5. The monoisotopic (exact) mass is 436 g/mol. The van der Waals surface area contributed by atoms with E-state index in [9.17, 15) is 22.4 Å². The Morgan fingerprint density at radius 1 is 1.00 bits per heavy atom. The molecule has 1 unspecified atom stereocenters. The Hall–Kier alpha value is -2.78. The van der Waals surface area contributed by atoms with Gasteiger partial charge in [0.1, 0.15) is 16.8 Å². The van der Waals surface area contributed by atoms with E-state index in [1.165, 1.54) is 19.1 Å². The van der Waals surface area contributed by atoms with Crippen molar-refractivity contribution in [2.75, 3.05) is 5.32 Å². The van der Waals surface area contributed by atoms with Crippen LogP contribution in [0, 0.1) is 18.7 Å². The Morgan fingerprint density at radius 3 is 2.20 bits per heavy atom. The quantitative estimate of drug-likeness (QED) is 0.620. The summed E-state index contributed by atoms with van der Waals surface area (Å²) in [5.41, 5.74) is 1.41. The molecule has 0 bridgehead atoms. The molecule has 0 radical (unpaired) electrons. The number of aryl methyl sites for hydroxylation is 1. The fourth-order valence-corrected chi connectivity index (χ4v) is 4.01. The van der Waals surface area contributed by atoms with Crippen molar-refractivity contribution in [3.63, 3.8) is 0 Å². The molecule has 7 nitrogen and oxygen atoms in total. The third-order valence-corrected chi connectivity index (χ3v) is 5.87. The number of amides is 1. The maximum Gasteiger partial charge on any atom is 0.325 e. The third kappa shape index (κ3) is 5.87. The molecule has 2 aromatic rings. The summed E-state index contributed by atoms with van der Waals surface area (Å²) < 4.78 is 46.3. The molecule has 0 aliphatic heterocycles. The van der Waals surface area contributed by atoms with E-state index in [4.69, 9.17) is 4.74 Å². The van der Waals surface area contributed by atoms with Crippen LogP contribution in [-0.2, 0) is 24.3 Å². The van der Waals surface area contributed by atoms with Crippen molar-refractivity contribution in [1.29, 1.82) is 0 Å². The number of benzene rings is 2. The first-order valence-corrected chi connectivity index (χ1v) is 10.8. The topological polar surface area (TPSA) is 102 Å². The van der Waals surface area contributed by atoms with Crippen LogP contribution in [0.15, 0.2) is 53.4 Å². The van der Waals surface area contributed by atoms with Gasteiger partial charge in [-0.3, -0.25) is 9.59 Å². The van der Waals surface area contributed by atoms with Crippen molar-refractivity contribution in [1.82, 2.24) is 4.72 Å². The fraction of sp³-hybridized carbons (Fsp3) is 0.333. The number of hydrogen-bond donors (Lipinski definition) is 2. The van der Waals surface area contributed by atoms with E-state index >= 15 is 0 Å². The van der Waals surface area contributed by atoms with Gasteiger partial charge in [0, 0.05) is 5.69 Å². The van der Waals surface area contributed by atoms with Crippen molar-refractivity contribution in [2.45, 2.75) is 44.7 Å². The Labute approximate surface area is 175 Å². The highest BCUT2D eigenvalue weighted by atomic mass is 32.2. The van der Waals surface area contributed by atoms with Crippen molar-refractivity contribution in [3.05, 3.63) is 59.9 Å². The van der Waals surface area contributed by atoms with Crippen LogP contribution in [0.3, 0.4) is 0 Å². The maximum absolute atomic E-state index is 13.9. The molecule has 9 heteroatoms. The minimum absolute atomic E-state index is 0.509. The smallest absolute Gasteiger partial charge is 0.325 e. The summed E-state index contributed by atoms with van der Waals surface area (Å²) in [6.45, 7) is 6.41. The molecule has 0 saturated carbocycles. The van der Waals surface area contributed by atoms with Crippen LogP contribution in [0.2, 0.25) is 0 Å². The van der Waals surface area contributed by atoms with Crippen LogP contribution in [0.4, 0.5) is 10.1 Å². The second kappa shape index (κ2) is 9.82. The zero-order valence-corrected chi connectivity index (χ0v) is 18.0.